The van der Waals surface area contributed by atoms with Gasteiger partial charge in [0.1, 0.15) is 0 Å². The van der Waals surface area contributed by atoms with Crippen molar-refractivity contribution < 1.29 is 0 Å². The third kappa shape index (κ3) is 2.82. The van der Waals surface area contributed by atoms with Gasteiger partial charge in [0.15, 0.2) is 0 Å². The number of halogens is 2. The van der Waals surface area contributed by atoms with Crippen molar-refractivity contribution in [3.8, 4) is 0 Å². The van der Waals surface area contributed by atoms with Gasteiger partial charge in [-0.2, -0.15) is 0 Å². The molecule has 2 nitrogen and oxygen atoms in total. The van der Waals surface area contributed by atoms with E-state index in [1.54, 1.807) is 0 Å². The first-order valence-corrected chi connectivity index (χ1v) is 6.37. The minimum absolute atomic E-state index is 0.126. The summed E-state index contributed by atoms with van der Waals surface area (Å²) < 4.78 is 0. The molecular weight excluding hydrogens is 243 g/mol. The van der Waals surface area contributed by atoms with Gasteiger partial charge in [0.2, 0.25) is 0 Å². The van der Waals surface area contributed by atoms with Gasteiger partial charge < -0.3 is 4.90 Å². The van der Waals surface area contributed by atoms with Gasteiger partial charge >= 0.3 is 0 Å². The minimum atomic E-state index is 0.126. The van der Waals surface area contributed by atoms with Gasteiger partial charge in [0.25, 0.3) is 0 Å². The summed E-state index contributed by atoms with van der Waals surface area (Å²) in [6.07, 6.45) is 0. The first-order chi connectivity index (χ1) is 7.66. The zero-order valence-corrected chi connectivity index (χ0v) is 10.9. The van der Waals surface area contributed by atoms with Gasteiger partial charge in [-0.3, -0.25) is 4.90 Å². The van der Waals surface area contributed by atoms with Gasteiger partial charge in [-0.1, -0.05) is 17.7 Å². The van der Waals surface area contributed by atoms with Crippen molar-refractivity contribution >= 4 is 28.9 Å². The predicted octanol–water partition coefficient (Wildman–Crippen LogP) is 3.05. The zero-order valence-electron chi connectivity index (χ0n) is 9.37. The van der Waals surface area contributed by atoms with E-state index < -0.39 is 0 Å². The molecule has 1 aromatic rings. The summed E-state index contributed by atoms with van der Waals surface area (Å²) in [7, 11) is 0. The highest BCUT2D eigenvalue weighted by atomic mass is 35.5. The second-order valence-corrected chi connectivity index (χ2v) is 5.14. The minimum Gasteiger partial charge on any atom is -0.369 e. The van der Waals surface area contributed by atoms with Crippen molar-refractivity contribution in [1.82, 2.24) is 4.90 Å². The van der Waals surface area contributed by atoms with Crippen LogP contribution >= 0.6 is 23.2 Å². The Labute approximate surface area is 107 Å². The Morgan fingerprint density at radius 3 is 2.44 bits per heavy atom. The molecule has 1 fully saturated rings. The molecule has 1 aromatic carbocycles. The summed E-state index contributed by atoms with van der Waals surface area (Å²) in [4.78, 5) is 4.63. The van der Waals surface area contributed by atoms with Crippen LogP contribution in [0.5, 0.6) is 0 Å². The standard InChI is InChI=1S/C12H16Cl2N2/c1-10(13)15-5-7-16(8-6-15)12-4-2-3-11(14)9-12/h2-4,9-10H,5-8H2,1H3. The van der Waals surface area contributed by atoms with Crippen LogP contribution in [0.25, 0.3) is 0 Å². The lowest BCUT2D eigenvalue weighted by Crippen LogP contribution is -2.48. The highest BCUT2D eigenvalue weighted by molar-refractivity contribution is 6.30. The van der Waals surface area contributed by atoms with E-state index >= 15 is 0 Å². The Hall–Kier alpha value is -0.440. The number of rotatable bonds is 2. The van der Waals surface area contributed by atoms with Crippen LogP contribution in [0.4, 0.5) is 5.69 Å². The molecule has 1 unspecified atom stereocenters. The summed E-state index contributed by atoms with van der Waals surface area (Å²) in [5, 5.41) is 0.797. The van der Waals surface area contributed by atoms with Crippen molar-refractivity contribution in [2.45, 2.75) is 12.4 Å². The molecule has 4 heteroatoms. The molecule has 0 aliphatic carbocycles. The Balaban J connectivity index is 1.99. The summed E-state index contributed by atoms with van der Waals surface area (Å²) in [6, 6.07) is 8.02. The molecule has 2 rings (SSSR count). The number of alkyl halides is 1. The molecule has 0 spiro atoms. The van der Waals surface area contributed by atoms with Gasteiger partial charge in [-0.05, 0) is 25.1 Å². The molecule has 1 aliphatic rings. The van der Waals surface area contributed by atoms with E-state index in [9.17, 15) is 0 Å². The van der Waals surface area contributed by atoms with Crippen LogP contribution in [0.1, 0.15) is 6.92 Å². The molecule has 0 N–H and O–H groups in total. The molecule has 1 aliphatic heterocycles. The Kier molecular flexibility index (Phi) is 3.95. The second-order valence-electron chi connectivity index (χ2n) is 4.08. The van der Waals surface area contributed by atoms with Gasteiger partial charge in [0.05, 0.1) is 5.50 Å². The van der Waals surface area contributed by atoms with E-state index in [2.05, 4.69) is 15.9 Å². The lowest BCUT2D eigenvalue weighted by atomic mass is 10.2. The Morgan fingerprint density at radius 2 is 1.88 bits per heavy atom. The monoisotopic (exact) mass is 258 g/mol. The largest absolute Gasteiger partial charge is 0.369 e. The first-order valence-electron chi connectivity index (χ1n) is 5.55. The second kappa shape index (κ2) is 5.26. The summed E-state index contributed by atoms with van der Waals surface area (Å²) >= 11 is 12.0. The van der Waals surface area contributed by atoms with Crippen molar-refractivity contribution in [2.24, 2.45) is 0 Å². The molecule has 1 heterocycles. The van der Waals surface area contributed by atoms with E-state index in [0.717, 1.165) is 31.2 Å². The molecule has 0 radical (unpaired) electrons. The van der Waals surface area contributed by atoms with Crippen LogP contribution in [-0.2, 0) is 0 Å². The number of benzene rings is 1. The average Bonchev–Trinajstić information content (AvgIpc) is 2.29. The normalized spacial score (nSPS) is 19.8. The first kappa shape index (κ1) is 12.0. The zero-order chi connectivity index (χ0) is 11.5. The Morgan fingerprint density at radius 1 is 1.19 bits per heavy atom. The maximum atomic E-state index is 6.06. The highest BCUT2D eigenvalue weighted by Gasteiger charge is 2.19. The molecule has 0 amide bonds. The number of hydrogen-bond acceptors (Lipinski definition) is 2. The van der Waals surface area contributed by atoms with E-state index in [1.165, 1.54) is 5.69 Å². The summed E-state index contributed by atoms with van der Waals surface area (Å²) in [5.74, 6) is 0. The van der Waals surface area contributed by atoms with Crippen molar-refractivity contribution in [3.05, 3.63) is 29.3 Å². The van der Waals surface area contributed by atoms with E-state index in [0.29, 0.717) is 0 Å². The number of nitrogens with zero attached hydrogens (tertiary/aromatic N) is 2. The van der Waals surface area contributed by atoms with Crippen LogP contribution in [0.3, 0.4) is 0 Å². The summed E-state index contributed by atoms with van der Waals surface area (Å²) in [6.45, 7) is 6.07. The van der Waals surface area contributed by atoms with E-state index in [-0.39, 0.29) is 5.50 Å². The van der Waals surface area contributed by atoms with Crippen molar-refractivity contribution in [3.63, 3.8) is 0 Å². The quantitative estimate of drug-likeness (QED) is 0.595. The molecule has 1 saturated heterocycles. The lowest BCUT2D eigenvalue weighted by Gasteiger charge is -2.37. The summed E-state index contributed by atoms with van der Waals surface area (Å²) in [5.41, 5.74) is 1.33. The lowest BCUT2D eigenvalue weighted by molar-refractivity contribution is 0.247. The third-order valence-electron chi connectivity index (χ3n) is 2.99. The van der Waals surface area contributed by atoms with Crippen LogP contribution in [-0.4, -0.2) is 36.6 Å². The van der Waals surface area contributed by atoms with Crippen molar-refractivity contribution in [2.75, 3.05) is 31.1 Å². The van der Waals surface area contributed by atoms with Crippen LogP contribution in [0.15, 0.2) is 24.3 Å². The topological polar surface area (TPSA) is 6.48 Å². The molecule has 0 bridgehead atoms. The van der Waals surface area contributed by atoms with Crippen molar-refractivity contribution in [1.29, 1.82) is 0 Å². The smallest absolute Gasteiger partial charge is 0.0823 e. The fourth-order valence-corrected chi connectivity index (χ4v) is 2.39. The van der Waals surface area contributed by atoms with Gasteiger partial charge in [0, 0.05) is 36.9 Å². The fourth-order valence-electron chi connectivity index (χ4n) is 2.01. The molecular formula is C12H16Cl2N2. The highest BCUT2D eigenvalue weighted by Crippen LogP contribution is 2.21. The molecule has 88 valence electrons. The SMILES string of the molecule is CC(Cl)N1CCN(c2cccc(Cl)c2)CC1. The van der Waals surface area contributed by atoms with Gasteiger partial charge in [-0.15, -0.1) is 11.6 Å². The molecule has 16 heavy (non-hydrogen) atoms. The number of hydrogen-bond donors (Lipinski definition) is 0. The van der Waals surface area contributed by atoms with Crippen LogP contribution in [0, 0.1) is 0 Å². The molecule has 0 aromatic heterocycles. The molecule has 0 saturated carbocycles. The van der Waals surface area contributed by atoms with E-state index in [1.807, 2.05) is 25.1 Å². The third-order valence-corrected chi connectivity index (χ3v) is 3.50. The fraction of sp³-hybridized carbons (Fsp3) is 0.500. The number of piperazine rings is 1. The Bertz CT molecular complexity index is 347. The maximum absolute atomic E-state index is 6.06. The van der Waals surface area contributed by atoms with Crippen LogP contribution < -0.4 is 4.90 Å². The van der Waals surface area contributed by atoms with E-state index in [4.69, 9.17) is 23.2 Å². The number of anilines is 1. The van der Waals surface area contributed by atoms with Gasteiger partial charge in [-0.25, -0.2) is 0 Å². The molecule has 1 atom stereocenters. The maximum Gasteiger partial charge on any atom is 0.0823 e. The average molecular weight is 259 g/mol. The predicted molar refractivity (Wildman–Crippen MR) is 70.6 cm³/mol. The van der Waals surface area contributed by atoms with Crippen LogP contribution in [0.2, 0.25) is 5.02 Å².